The van der Waals surface area contributed by atoms with Crippen LogP contribution in [0.4, 0.5) is 18.0 Å². The zero-order chi connectivity index (χ0) is 17.7. The first-order valence-corrected chi connectivity index (χ1v) is 8.06. The average Bonchev–Trinajstić information content (AvgIpc) is 2.90. The number of urea groups is 1. The van der Waals surface area contributed by atoms with Crippen molar-refractivity contribution in [1.82, 2.24) is 24.9 Å². The number of aryl methyl sites for hydroxylation is 2. The van der Waals surface area contributed by atoms with Crippen LogP contribution in [0.5, 0.6) is 0 Å². The molecule has 1 atom stereocenters. The van der Waals surface area contributed by atoms with Crippen LogP contribution < -0.4 is 5.32 Å². The Hall–Kier alpha value is -1.77. The molecule has 2 amide bonds. The van der Waals surface area contributed by atoms with Gasteiger partial charge in [-0.15, -0.1) is 0 Å². The topological polar surface area (TPSA) is 53.4 Å². The number of piperazine rings is 1. The summed E-state index contributed by atoms with van der Waals surface area (Å²) < 4.78 is 39.2. The van der Waals surface area contributed by atoms with Gasteiger partial charge >= 0.3 is 12.2 Å². The summed E-state index contributed by atoms with van der Waals surface area (Å²) in [6.07, 6.45) is 1.14. The Morgan fingerprint density at radius 1 is 1.42 bits per heavy atom. The molecule has 6 nitrogen and oxygen atoms in total. The van der Waals surface area contributed by atoms with E-state index >= 15 is 0 Å². The van der Waals surface area contributed by atoms with Gasteiger partial charge in [0.05, 0.1) is 12.7 Å². The maximum absolute atomic E-state index is 12.5. The molecule has 0 aromatic carbocycles. The van der Waals surface area contributed by atoms with E-state index < -0.39 is 12.7 Å². The molecule has 0 aliphatic carbocycles. The number of hydrogen-bond donors (Lipinski definition) is 1. The van der Waals surface area contributed by atoms with E-state index in [1.807, 2.05) is 13.2 Å². The minimum absolute atomic E-state index is 0.209. The van der Waals surface area contributed by atoms with Gasteiger partial charge in [0.1, 0.15) is 0 Å². The number of rotatable bonds is 5. The molecule has 24 heavy (non-hydrogen) atoms. The Morgan fingerprint density at radius 2 is 2.17 bits per heavy atom. The third kappa shape index (κ3) is 5.70. The lowest BCUT2D eigenvalue weighted by Crippen LogP contribution is -2.57. The SMILES string of the molecule is CC1CN(C(=O)NCCCc2cnn(C)c2)CCN1CC(F)(F)F. The minimum atomic E-state index is -4.20. The zero-order valence-corrected chi connectivity index (χ0v) is 14.0. The van der Waals surface area contributed by atoms with E-state index in [4.69, 9.17) is 0 Å². The van der Waals surface area contributed by atoms with Crippen molar-refractivity contribution in [3.63, 3.8) is 0 Å². The first-order chi connectivity index (χ1) is 11.2. The second kappa shape index (κ2) is 7.87. The molecule has 1 aliphatic rings. The van der Waals surface area contributed by atoms with E-state index in [0.29, 0.717) is 19.6 Å². The van der Waals surface area contributed by atoms with Crippen molar-refractivity contribution >= 4 is 6.03 Å². The molecule has 1 aromatic heterocycles. The lowest BCUT2D eigenvalue weighted by atomic mass is 10.2. The quantitative estimate of drug-likeness (QED) is 0.824. The van der Waals surface area contributed by atoms with E-state index in [2.05, 4.69) is 10.4 Å². The number of alkyl halides is 3. The summed E-state index contributed by atoms with van der Waals surface area (Å²) in [5.74, 6) is 0. The number of hydrogen-bond acceptors (Lipinski definition) is 3. The summed E-state index contributed by atoms with van der Waals surface area (Å²) in [5.41, 5.74) is 1.11. The van der Waals surface area contributed by atoms with Crippen LogP contribution in [-0.2, 0) is 13.5 Å². The third-order valence-electron chi connectivity index (χ3n) is 4.11. The summed E-state index contributed by atoms with van der Waals surface area (Å²) >= 11 is 0. The summed E-state index contributed by atoms with van der Waals surface area (Å²) in [5, 5.41) is 6.91. The van der Waals surface area contributed by atoms with Crippen molar-refractivity contribution < 1.29 is 18.0 Å². The fourth-order valence-electron chi connectivity index (χ4n) is 2.85. The zero-order valence-electron chi connectivity index (χ0n) is 14.0. The molecule has 0 bridgehead atoms. The molecule has 136 valence electrons. The standard InChI is InChI=1S/C15H24F3N5O/c1-12-9-22(6-7-23(12)11-15(16,17)18)14(24)19-5-3-4-13-8-20-21(2)10-13/h8,10,12H,3-7,9,11H2,1-2H3,(H,19,24). The number of nitrogens with one attached hydrogen (secondary N) is 1. The molecule has 2 rings (SSSR count). The molecule has 9 heteroatoms. The molecular weight excluding hydrogens is 323 g/mol. The van der Waals surface area contributed by atoms with Crippen molar-refractivity contribution in [2.24, 2.45) is 7.05 Å². The molecule has 0 spiro atoms. The highest BCUT2D eigenvalue weighted by molar-refractivity contribution is 5.74. The van der Waals surface area contributed by atoms with Crippen LogP contribution in [0, 0.1) is 0 Å². The Morgan fingerprint density at radius 3 is 2.75 bits per heavy atom. The minimum Gasteiger partial charge on any atom is -0.338 e. The largest absolute Gasteiger partial charge is 0.401 e. The van der Waals surface area contributed by atoms with Crippen molar-refractivity contribution in [1.29, 1.82) is 0 Å². The van der Waals surface area contributed by atoms with Crippen molar-refractivity contribution in [2.45, 2.75) is 32.0 Å². The molecule has 1 N–H and O–H groups in total. The van der Waals surface area contributed by atoms with E-state index in [9.17, 15) is 18.0 Å². The average molecular weight is 347 g/mol. The van der Waals surface area contributed by atoms with Crippen LogP contribution in [0.2, 0.25) is 0 Å². The van der Waals surface area contributed by atoms with Crippen LogP contribution in [0.3, 0.4) is 0 Å². The fraction of sp³-hybridized carbons (Fsp3) is 0.733. The van der Waals surface area contributed by atoms with E-state index in [1.54, 1.807) is 22.7 Å². The molecule has 1 unspecified atom stereocenters. The summed E-state index contributed by atoms with van der Waals surface area (Å²) in [6.45, 7) is 2.19. The summed E-state index contributed by atoms with van der Waals surface area (Å²) in [6, 6.07) is -0.513. The number of halogens is 3. The number of carbonyl (C=O) groups excluding carboxylic acids is 1. The van der Waals surface area contributed by atoms with Crippen molar-refractivity contribution in [3.8, 4) is 0 Å². The first-order valence-electron chi connectivity index (χ1n) is 8.06. The van der Waals surface area contributed by atoms with Gasteiger partial charge in [-0.2, -0.15) is 18.3 Å². The normalized spacial score (nSPS) is 19.5. The van der Waals surface area contributed by atoms with Gasteiger partial charge in [-0.1, -0.05) is 0 Å². The van der Waals surface area contributed by atoms with E-state index in [1.165, 1.54) is 4.90 Å². The lowest BCUT2D eigenvalue weighted by molar-refractivity contribution is -0.153. The highest BCUT2D eigenvalue weighted by Gasteiger charge is 2.35. The number of aromatic nitrogens is 2. The lowest BCUT2D eigenvalue weighted by Gasteiger charge is -2.39. The summed E-state index contributed by atoms with van der Waals surface area (Å²) in [4.78, 5) is 15.1. The van der Waals surface area contributed by atoms with Gasteiger partial charge in [0, 0.05) is 45.5 Å². The van der Waals surface area contributed by atoms with Crippen LogP contribution in [0.25, 0.3) is 0 Å². The maximum Gasteiger partial charge on any atom is 0.401 e. The number of nitrogens with zero attached hydrogens (tertiary/aromatic N) is 4. The van der Waals surface area contributed by atoms with Gasteiger partial charge in [-0.3, -0.25) is 9.58 Å². The predicted molar refractivity (Wildman–Crippen MR) is 83.6 cm³/mol. The Bertz CT molecular complexity index is 545. The van der Waals surface area contributed by atoms with Crippen LogP contribution in [-0.4, -0.2) is 70.6 Å². The van der Waals surface area contributed by atoms with Crippen molar-refractivity contribution in [3.05, 3.63) is 18.0 Å². The molecule has 1 fully saturated rings. The number of carbonyl (C=O) groups is 1. The highest BCUT2D eigenvalue weighted by atomic mass is 19.4. The Labute approximate surface area is 139 Å². The first kappa shape index (κ1) is 18.6. The Kier molecular flexibility index (Phi) is 6.09. The van der Waals surface area contributed by atoms with Crippen LogP contribution >= 0.6 is 0 Å². The number of amides is 2. The molecule has 1 aromatic rings. The van der Waals surface area contributed by atoms with Crippen LogP contribution in [0.15, 0.2) is 12.4 Å². The van der Waals surface area contributed by atoms with Crippen molar-refractivity contribution in [2.75, 3.05) is 32.7 Å². The second-order valence-corrected chi connectivity index (χ2v) is 6.24. The molecular formula is C15H24F3N5O. The van der Waals surface area contributed by atoms with Gasteiger partial charge in [0.15, 0.2) is 0 Å². The molecule has 0 saturated carbocycles. The Balaban J connectivity index is 1.68. The predicted octanol–water partition coefficient (Wildman–Crippen LogP) is 1.63. The molecule has 2 heterocycles. The van der Waals surface area contributed by atoms with Gasteiger partial charge in [-0.25, -0.2) is 4.79 Å². The maximum atomic E-state index is 12.5. The summed E-state index contributed by atoms with van der Waals surface area (Å²) in [7, 11) is 1.85. The van der Waals surface area contributed by atoms with E-state index in [0.717, 1.165) is 18.4 Å². The molecule has 1 saturated heterocycles. The third-order valence-corrected chi connectivity index (χ3v) is 4.11. The smallest absolute Gasteiger partial charge is 0.338 e. The second-order valence-electron chi connectivity index (χ2n) is 6.24. The fourth-order valence-corrected chi connectivity index (χ4v) is 2.85. The van der Waals surface area contributed by atoms with E-state index in [-0.39, 0.29) is 18.6 Å². The van der Waals surface area contributed by atoms with Gasteiger partial charge < -0.3 is 10.2 Å². The van der Waals surface area contributed by atoms with Gasteiger partial charge in [0.25, 0.3) is 0 Å². The van der Waals surface area contributed by atoms with Gasteiger partial charge in [-0.05, 0) is 25.3 Å². The van der Waals surface area contributed by atoms with Crippen LogP contribution in [0.1, 0.15) is 18.9 Å². The molecule has 0 radical (unpaired) electrons. The van der Waals surface area contributed by atoms with Gasteiger partial charge in [0.2, 0.25) is 0 Å². The monoisotopic (exact) mass is 347 g/mol. The molecule has 1 aliphatic heterocycles. The highest BCUT2D eigenvalue weighted by Crippen LogP contribution is 2.20.